The van der Waals surface area contributed by atoms with Crippen molar-refractivity contribution in [3.05, 3.63) is 71.8 Å². The number of rotatable bonds is 8. The standard InChI is InChI=1S/C19H18F2N4O3/c1-27-17-8-15(6-7-16(17)28-19(20)21)18(26)23-9-13-2-4-14(5-3-13)10-25-12-22-11-24-25/h2-8,11-12,19H,9-10H2,1H3,(H,23,26). The molecule has 0 spiro atoms. The SMILES string of the molecule is COc1cc(C(=O)NCc2ccc(Cn3cncn3)cc2)ccc1OC(F)F. The van der Waals surface area contributed by atoms with E-state index >= 15 is 0 Å². The molecule has 28 heavy (non-hydrogen) atoms. The number of nitrogens with zero attached hydrogens (tertiary/aromatic N) is 3. The monoisotopic (exact) mass is 388 g/mol. The van der Waals surface area contributed by atoms with Crippen molar-refractivity contribution in [2.24, 2.45) is 0 Å². The number of methoxy groups -OCH3 is 1. The summed E-state index contributed by atoms with van der Waals surface area (Å²) < 4.78 is 35.8. The molecule has 3 rings (SSSR count). The minimum atomic E-state index is -2.97. The van der Waals surface area contributed by atoms with Crippen LogP contribution in [0.4, 0.5) is 8.78 Å². The van der Waals surface area contributed by atoms with Crippen LogP contribution in [-0.2, 0) is 13.1 Å². The van der Waals surface area contributed by atoms with Crippen molar-refractivity contribution in [3.63, 3.8) is 0 Å². The molecule has 0 aliphatic carbocycles. The van der Waals surface area contributed by atoms with Crippen LogP contribution in [-0.4, -0.2) is 34.4 Å². The summed E-state index contributed by atoms with van der Waals surface area (Å²) in [6.45, 7) is -2.04. The smallest absolute Gasteiger partial charge is 0.387 e. The number of halogens is 2. The van der Waals surface area contributed by atoms with Gasteiger partial charge >= 0.3 is 6.61 Å². The number of carbonyl (C=O) groups excluding carboxylic acids is 1. The van der Waals surface area contributed by atoms with E-state index in [4.69, 9.17) is 4.74 Å². The van der Waals surface area contributed by atoms with Gasteiger partial charge in [-0.15, -0.1) is 0 Å². The Kier molecular flexibility index (Phi) is 6.15. The van der Waals surface area contributed by atoms with Crippen LogP contribution < -0.4 is 14.8 Å². The lowest BCUT2D eigenvalue weighted by atomic mass is 10.1. The van der Waals surface area contributed by atoms with Crippen LogP contribution in [0.15, 0.2) is 55.1 Å². The van der Waals surface area contributed by atoms with Crippen molar-refractivity contribution < 1.29 is 23.0 Å². The van der Waals surface area contributed by atoms with Crippen molar-refractivity contribution in [2.75, 3.05) is 7.11 Å². The van der Waals surface area contributed by atoms with E-state index in [0.717, 1.165) is 11.1 Å². The van der Waals surface area contributed by atoms with Gasteiger partial charge in [-0.25, -0.2) is 9.67 Å². The minimum Gasteiger partial charge on any atom is -0.493 e. The van der Waals surface area contributed by atoms with Crippen LogP contribution >= 0.6 is 0 Å². The van der Waals surface area contributed by atoms with Gasteiger partial charge in [0, 0.05) is 12.1 Å². The maximum absolute atomic E-state index is 12.4. The predicted octanol–water partition coefficient (Wildman–Crippen LogP) is 2.87. The number of hydrogen-bond acceptors (Lipinski definition) is 5. The molecule has 0 unspecified atom stereocenters. The van der Waals surface area contributed by atoms with Crippen LogP contribution in [0.25, 0.3) is 0 Å². The van der Waals surface area contributed by atoms with Crippen molar-refractivity contribution in [3.8, 4) is 11.5 Å². The van der Waals surface area contributed by atoms with Gasteiger partial charge in [-0.3, -0.25) is 4.79 Å². The zero-order valence-electron chi connectivity index (χ0n) is 15.0. The van der Waals surface area contributed by atoms with Crippen LogP contribution in [0.5, 0.6) is 11.5 Å². The number of amides is 1. The van der Waals surface area contributed by atoms with Crippen molar-refractivity contribution in [1.29, 1.82) is 0 Å². The summed E-state index contributed by atoms with van der Waals surface area (Å²) in [6, 6.07) is 11.7. The van der Waals surface area contributed by atoms with Crippen molar-refractivity contribution >= 4 is 5.91 Å². The summed E-state index contributed by atoms with van der Waals surface area (Å²) in [5.41, 5.74) is 2.25. The van der Waals surface area contributed by atoms with E-state index in [2.05, 4.69) is 20.1 Å². The molecule has 0 bridgehead atoms. The fourth-order valence-corrected chi connectivity index (χ4v) is 2.55. The van der Waals surface area contributed by atoms with E-state index < -0.39 is 6.61 Å². The van der Waals surface area contributed by atoms with Crippen LogP contribution in [0, 0.1) is 0 Å². The first kappa shape index (κ1) is 19.3. The molecule has 0 radical (unpaired) electrons. The normalized spacial score (nSPS) is 10.7. The lowest BCUT2D eigenvalue weighted by molar-refractivity contribution is -0.0512. The van der Waals surface area contributed by atoms with Crippen molar-refractivity contribution in [1.82, 2.24) is 20.1 Å². The van der Waals surface area contributed by atoms with Gasteiger partial charge in [-0.2, -0.15) is 13.9 Å². The summed E-state index contributed by atoms with van der Waals surface area (Å²) in [7, 11) is 1.32. The second-order valence-electron chi connectivity index (χ2n) is 5.84. The van der Waals surface area contributed by atoms with Crippen LogP contribution in [0.2, 0.25) is 0 Å². The summed E-state index contributed by atoms with van der Waals surface area (Å²) in [5.74, 6) is -0.420. The summed E-state index contributed by atoms with van der Waals surface area (Å²) in [6.07, 6.45) is 3.12. The number of benzene rings is 2. The predicted molar refractivity (Wildman–Crippen MR) is 96.4 cm³/mol. The molecule has 1 heterocycles. The third-order valence-corrected chi connectivity index (χ3v) is 3.93. The molecule has 146 valence electrons. The Labute approximate surface area is 159 Å². The Balaban J connectivity index is 1.59. The third-order valence-electron chi connectivity index (χ3n) is 3.93. The van der Waals surface area contributed by atoms with Gasteiger partial charge in [0.05, 0.1) is 13.7 Å². The molecule has 0 saturated carbocycles. The first-order valence-corrected chi connectivity index (χ1v) is 8.36. The quantitative estimate of drug-likeness (QED) is 0.642. The molecule has 0 atom stereocenters. The Morgan fingerprint density at radius 1 is 1.14 bits per heavy atom. The molecule has 0 fully saturated rings. The number of ether oxygens (including phenoxy) is 2. The Morgan fingerprint density at radius 2 is 1.89 bits per heavy atom. The summed E-state index contributed by atoms with van der Waals surface area (Å²) >= 11 is 0. The van der Waals surface area contributed by atoms with E-state index in [-0.39, 0.29) is 23.0 Å². The zero-order chi connectivity index (χ0) is 19.9. The summed E-state index contributed by atoms with van der Waals surface area (Å²) in [4.78, 5) is 16.2. The molecule has 0 aliphatic rings. The second-order valence-corrected chi connectivity index (χ2v) is 5.84. The van der Waals surface area contributed by atoms with E-state index in [9.17, 15) is 13.6 Å². The van der Waals surface area contributed by atoms with E-state index in [1.165, 1.54) is 31.6 Å². The molecule has 1 aromatic heterocycles. The first-order chi connectivity index (χ1) is 13.5. The average molecular weight is 388 g/mol. The number of alkyl halides is 2. The van der Waals surface area contributed by atoms with Gasteiger partial charge in [0.1, 0.15) is 12.7 Å². The molecular formula is C19H18F2N4O3. The zero-order valence-corrected chi connectivity index (χ0v) is 15.0. The second kappa shape index (κ2) is 8.94. The van der Waals surface area contributed by atoms with Crippen LogP contribution in [0.3, 0.4) is 0 Å². The van der Waals surface area contributed by atoms with Crippen LogP contribution in [0.1, 0.15) is 21.5 Å². The third kappa shape index (κ3) is 5.03. The average Bonchev–Trinajstić information content (AvgIpc) is 3.20. The number of carbonyl (C=O) groups is 1. The number of nitrogens with one attached hydrogen (secondary N) is 1. The lowest BCUT2D eigenvalue weighted by Gasteiger charge is -2.12. The number of hydrogen-bond donors (Lipinski definition) is 1. The largest absolute Gasteiger partial charge is 0.493 e. The maximum Gasteiger partial charge on any atom is 0.387 e. The molecule has 0 saturated heterocycles. The molecule has 7 nitrogen and oxygen atoms in total. The molecular weight excluding hydrogens is 370 g/mol. The van der Waals surface area contributed by atoms with Gasteiger partial charge < -0.3 is 14.8 Å². The van der Waals surface area contributed by atoms with Crippen molar-refractivity contribution in [2.45, 2.75) is 19.7 Å². The van der Waals surface area contributed by atoms with E-state index in [1.54, 1.807) is 11.0 Å². The molecule has 3 aromatic rings. The van der Waals surface area contributed by atoms with E-state index in [0.29, 0.717) is 13.1 Å². The highest BCUT2D eigenvalue weighted by atomic mass is 19.3. The van der Waals surface area contributed by atoms with Gasteiger partial charge in [-0.05, 0) is 29.3 Å². The fourth-order valence-electron chi connectivity index (χ4n) is 2.55. The highest BCUT2D eigenvalue weighted by molar-refractivity contribution is 5.94. The minimum absolute atomic E-state index is 0.0606. The molecule has 2 aromatic carbocycles. The fraction of sp³-hybridized carbons (Fsp3) is 0.211. The molecule has 1 N–H and O–H groups in total. The molecule has 9 heteroatoms. The highest BCUT2D eigenvalue weighted by Gasteiger charge is 2.14. The molecule has 1 amide bonds. The lowest BCUT2D eigenvalue weighted by Crippen LogP contribution is -2.22. The highest BCUT2D eigenvalue weighted by Crippen LogP contribution is 2.29. The Bertz CT molecular complexity index is 915. The van der Waals surface area contributed by atoms with Gasteiger partial charge in [0.2, 0.25) is 0 Å². The van der Waals surface area contributed by atoms with Gasteiger partial charge in [-0.1, -0.05) is 24.3 Å². The maximum atomic E-state index is 12.4. The number of aromatic nitrogens is 3. The Hall–Kier alpha value is -3.49. The summed E-state index contributed by atoms with van der Waals surface area (Å²) in [5, 5.41) is 6.83. The topological polar surface area (TPSA) is 78.3 Å². The molecule has 0 aliphatic heterocycles. The first-order valence-electron chi connectivity index (χ1n) is 8.36. The van der Waals surface area contributed by atoms with Gasteiger partial charge in [0.25, 0.3) is 5.91 Å². The Morgan fingerprint density at radius 3 is 2.54 bits per heavy atom. The van der Waals surface area contributed by atoms with E-state index in [1.807, 2.05) is 24.3 Å². The van der Waals surface area contributed by atoms with Gasteiger partial charge in [0.15, 0.2) is 11.5 Å².